The van der Waals surface area contributed by atoms with Crippen LogP contribution in [-0.4, -0.2) is 132 Å². The number of morpholine rings is 1. The van der Waals surface area contributed by atoms with E-state index in [2.05, 4.69) is 96.4 Å². The lowest BCUT2D eigenvalue weighted by atomic mass is 10.1. The smallest absolute Gasteiger partial charge is 0.267 e. The molecule has 5 heterocycles. The summed E-state index contributed by atoms with van der Waals surface area (Å²) in [6.45, 7) is 15.3. The molecule has 0 bridgehead atoms. The Labute approximate surface area is 550 Å². The van der Waals surface area contributed by atoms with Crippen molar-refractivity contribution in [2.75, 3.05) is 39.5 Å². The van der Waals surface area contributed by atoms with Crippen molar-refractivity contribution in [2.24, 2.45) is 7.05 Å². The Bertz CT molecular complexity index is 4310. The van der Waals surface area contributed by atoms with Crippen LogP contribution in [0, 0.1) is 6.92 Å². The van der Waals surface area contributed by atoms with E-state index < -0.39 is 23.6 Å². The number of hydroxylamine groups is 4. The maximum absolute atomic E-state index is 11.3. The van der Waals surface area contributed by atoms with Gasteiger partial charge in [0.25, 0.3) is 23.6 Å². The number of aromatic nitrogens is 8. The first-order valence-electron chi connectivity index (χ1n) is 31.5. The van der Waals surface area contributed by atoms with Gasteiger partial charge in [-0.1, -0.05) is 98.8 Å². The average molecular weight is 1290 g/mol. The number of rotatable bonds is 22. The zero-order valence-corrected chi connectivity index (χ0v) is 54.1. The fourth-order valence-corrected chi connectivity index (χ4v) is 11.0. The van der Waals surface area contributed by atoms with Crippen molar-refractivity contribution < 1.29 is 49.9 Å². The van der Waals surface area contributed by atoms with Crippen molar-refractivity contribution in [2.45, 2.75) is 85.4 Å². The second-order valence-corrected chi connectivity index (χ2v) is 22.7. The van der Waals surface area contributed by atoms with Crippen LogP contribution in [0.3, 0.4) is 0 Å². The summed E-state index contributed by atoms with van der Waals surface area (Å²) in [6.07, 6.45) is 16.0. The molecule has 0 spiro atoms. The van der Waals surface area contributed by atoms with Gasteiger partial charge in [-0.05, 0) is 139 Å². The zero-order valence-electron chi connectivity index (χ0n) is 54.1. The van der Waals surface area contributed by atoms with Crippen LogP contribution in [0.1, 0.15) is 89.8 Å². The summed E-state index contributed by atoms with van der Waals surface area (Å²) >= 11 is 0. The topological polar surface area (TPSA) is 301 Å². The van der Waals surface area contributed by atoms with Gasteiger partial charge >= 0.3 is 0 Å². The van der Waals surface area contributed by atoms with Crippen LogP contribution >= 0.6 is 0 Å². The number of benzene rings is 6. The molecule has 6 aromatic carbocycles. The number of imidazole rings is 4. The minimum absolute atomic E-state index is 0.147. The molecule has 1 fully saturated rings. The van der Waals surface area contributed by atoms with Crippen molar-refractivity contribution >= 4 is 92.1 Å². The zero-order chi connectivity index (χ0) is 67.6. The average Bonchev–Trinajstić information content (AvgIpc) is 1.71. The second kappa shape index (κ2) is 35.7. The summed E-state index contributed by atoms with van der Waals surface area (Å²) < 4.78 is 14.1. The van der Waals surface area contributed by atoms with Crippen LogP contribution in [0.4, 0.5) is 0 Å². The van der Waals surface area contributed by atoms with Crippen LogP contribution < -0.4 is 21.9 Å². The van der Waals surface area contributed by atoms with Gasteiger partial charge in [0.05, 0.1) is 57.3 Å². The number of amides is 4. The van der Waals surface area contributed by atoms with E-state index in [1.807, 2.05) is 105 Å². The predicted octanol–water partition coefficient (Wildman–Crippen LogP) is 9.49. The van der Waals surface area contributed by atoms with Gasteiger partial charge in [-0.15, -0.1) is 0 Å². The minimum Gasteiger partial charge on any atom is -0.396 e. The molecule has 0 atom stereocenters. The summed E-state index contributed by atoms with van der Waals surface area (Å²) in [7, 11) is 2.02. The molecule has 95 heavy (non-hydrogen) atoms. The molecule has 23 nitrogen and oxygen atoms in total. The molecular formula is C72H83N13O10. The largest absolute Gasteiger partial charge is 0.396 e. The summed E-state index contributed by atoms with van der Waals surface area (Å²) in [5, 5.41) is 43.1. The minimum atomic E-state index is -0.573. The standard InChI is InChI=1S/C24H28N4O3.C19H19N3O2.C16H21N3O3.C13H15N3O2/c29-24(26-30)11-8-20-6-9-22-21(18-20)25-23(10-7-19-4-2-1-3-5-19)28(22)13-12-27-14-16-31-17-15-27;1-22-17-10-7-15(9-12-19(23)21-24)13-16(17)20-18(22)11-8-14-5-3-2-4-6-14;1-11(2)16-17-13-10-12(5-7-15(21)18-22)4-6-14(13)19(16)8-3-9-20;1-3-16-9(2)14-11-8-10(4-6-12(11)16)5-7-13(17)15-18/h1-6,8-9,11,18,30H,7,10,12-17H2,(H,26,29);2-7,9-10,12-13,24H,8,11H2,1H3,(H,21,23);4-7,10-11,20,22H,3,8-9H2,1-2H3,(H,18,21);4-8,18H,3H2,1-2H3,(H,15,17)/b11-8+;12-9+;2*7-5+. The lowest BCUT2D eigenvalue weighted by molar-refractivity contribution is -0.124. The van der Waals surface area contributed by atoms with Gasteiger partial charge in [-0.25, -0.2) is 41.9 Å². The Balaban J connectivity index is 0.000000165. The fraction of sp³-hybridized carbons (Fsp3) is 0.278. The number of carbonyl (C=O) groups excluding carboxylic acids is 4. The number of hydrogen-bond acceptors (Lipinski definition) is 15. The first kappa shape index (κ1) is 70.6. The highest BCUT2D eigenvalue weighted by Gasteiger charge is 2.17. The van der Waals surface area contributed by atoms with Gasteiger partial charge in [0.15, 0.2) is 0 Å². The molecular weight excluding hydrogens is 1210 g/mol. The first-order valence-corrected chi connectivity index (χ1v) is 31.5. The van der Waals surface area contributed by atoms with Gasteiger partial charge in [0.1, 0.15) is 23.3 Å². The van der Waals surface area contributed by atoms with Crippen LogP contribution in [0.25, 0.3) is 68.4 Å². The number of nitrogens with zero attached hydrogens (tertiary/aromatic N) is 9. The molecule has 0 saturated carbocycles. The molecule has 23 heteroatoms. The third-order valence-electron chi connectivity index (χ3n) is 15.8. The highest BCUT2D eigenvalue weighted by Crippen LogP contribution is 2.26. The number of aliphatic hydroxyl groups is 1. The monoisotopic (exact) mass is 1290 g/mol. The molecule has 10 aromatic rings. The van der Waals surface area contributed by atoms with E-state index >= 15 is 0 Å². The molecule has 4 amide bonds. The van der Waals surface area contributed by atoms with Crippen molar-refractivity contribution in [3.63, 3.8) is 0 Å². The van der Waals surface area contributed by atoms with E-state index in [-0.39, 0.29) is 12.5 Å². The van der Waals surface area contributed by atoms with Gasteiger partial charge in [-0.2, -0.15) is 0 Å². The second-order valence-electron chi connectivity index (χ2n) is 22.7. The Kier molecular flexibility index (Phi) is 26.5. The van der Waals surface area contributed by atoms with Crippen LogP contribution in [0.2, 0.25) is 0 Å². The van der Waals surface area contributed by atoms with Crippen molar-refractivity contribution in [3.8, 4) is 0 Å². The normalized spacial score (nSPS) is 12.6. The van der Waals surface area contributed by atoms with Crippen LogP contribution in [-0.2, 0) is 76.3 Å². The number of fused-ring (bicyclic) bond motifs is 4. The fourth-order valence-electron chi connectivity index (χ4n) is 11.0. The highest BCUT2D eigenvalue weighted by molar-refractivity contribution is 5.94. The van der Waals surface area contributed by atoms with Crippen LogP contribution in [0.15, 0.2) is 158 Å². The molecule has 1 aliphatic heterocycles. The quantitative estimate of drug-likeness (QED) is 0.0173. The van der Waals surface area contributed by atoms with Crippen molar-refractivity contribution in [1.29, 1.82) is 0 Å². The number of hydrogen-bond donors (Lipinski definition) is 9. The Hall–Kier alpha value is -10.2. The Morgan fingerprint density at radius 1 is 0.505 bits per heavy atom. The summed E-state index contributed by atoms with van der Waals surface area (Å²) in [5.41, 5.74) is 20.1. The van der Waals surface area contributed by atoms with Crippen molar-refractivity contribution in [1.82, 2.24) is 65.0 Å². The van der Waals surface area contributed by atoms with E-state index in [9.17, 15) is 19.2 Å². The van der Waals surface area contributed by atoms with Crippen molar-refractivity contribution in [3.05, 3.63) is 214 Å². The maximum atomic E-state index is 11.3. The molecule has 0 radical (unpaired) electrons. The van der Waals surface area contributed by atoms with E-state index in [1.165, 1.54) is 35.4 Å². The number of aliphatic hydroxyl groups excluding tert-OH is 1. The number of carbonyl (C=O) groups is 4. The van der Waals surface area contributed by atoms with Gasteiger partial charge in [0.2, 0.25) is 0 Å². The predicted molar refractivity (Wildman–Crippen MR) is 367 cm³/mol. The summed E-state index contributed by atoms with van der Waals surface area (Å²) in [4.78, 5) is 65.5. The van der Waals surface area contributed by atoms with E-state index in [0.717, 1.165) is 168 Å². The highest BCUT2D eigenvalue weighted by atomic mass is 16.5. The molecule has 4 aromatic heterocycles. The molecule has 1 saturated heterocycles. The lowest BCUT2D eigenvalue weighted by Crippen LogP contribution is -2.38. The van der Waals surface area contributed by atoms with E-state index in [1.54, 1.807) is 46.2 Å². The molecule has 0 unspecified atom stereocenters. The maximum Gasteiger partial charge on any atom is 0.267 e. The van der Waals surface area contributed by atoms with Gasteiger partial charge < -0.3 is 28.1 Å². The lowest BCUT2D eigenvalue weighted by Gasteiger charge is -2.27. The molecule has 9 N–H and O–H groups in total. The van der Waals surface area contributed by atoms with Gasteiger partial charge in [-0.3, -0.25) is 44.9 Å². The number of nitrogens with one attached hydrogen (secondary N) is 4. The summed E-state index contributed by atoms with van der Waals surface area (Å²) in [5.74, 6) is 2.11. The van der Waals surface area contributed by atoms with E-state index in [4.69, 9.17) is 40.6 Å². The SMILES string of the molecule is CC(C)c1nc2cc(/C=C/C(=O)NO)ccc2n1CCCO.CCn1c(C)nc2cc(/C=C/C(=O)NO)ccc21.Cn1c(CCc2ccccc2)nc2cc(/C=C/C(=O)NO)ccc21.O=C(/C=C/c1ccc2c(c1)nc(CCc1ccccc1)n2CCN1CCOCC1)NO. The molecule has 0 aliphatic carbocycles. The van der Waals surface area contributed by atoms with Gasteiger partial charge in [0, 0.05) is 96.0 Å². The van der Waals surface area contributed by atoms with Crippen LogP contribution in [0.5, 0.6) is 0 Å². The number of ether oxygens (including phenoxy) is 1. The van der Waals surface area contributed by atoms with E-state index in [0.29, 0.717) is 6.42 Å². The third kappa shape index (κ3) is 20.1. The first-order chi connectivity index (χ1) is 46.1. The summed E-state index contributed by atoms with van der Waals surface area (Å²) in [6, 6.07) is 44.2. The third-order valence-corrected chi connectivity index (χ3v) is 15.8. The molecule has 496 valence electrons. The Morgan fingerprint density at radius 2 is 0.916 bits per heavy atom. The molecule has 1 aliphatic rings. The molecule has 11 rings (SSSR count). The number of aryl methyl sites for hydroxylation is 8. The Morgan fingerprint density at radius 3 is 1.37 bits per heavy atom.